The lowest BCUT2D eigenvalue weighted by Gasteiger charge is -2.29. The summed E-state index contributed by atoms with van der Waals surface area (Å²) >= 11 is 1.52. The fraction of sp³-hybridized carbons (Fsp3) is 0.826. The van der Waals surface area contributed by atoms with Crippen molar-refractivity contribution < 1.29 is 24.3 Å². The molecule has 7 unspecified atom stereocenters. The molecule has 0 rings (SSSR count). The number of nitrogens with two attached hydrogens (primary N) is 1. The van der Waals surface area contributed by atoms with Gasteiger partial charge in [-0.1, -0.05) is 60.8 Å². The van der Waals surface area contributed by atoms with E-state index >= 15 is 0 Å². The van der Waals surface area contributed by atoms with Crippen molar-refractivity contribution in [3.8, 4) is 0 Å². The molecule has 192 valence electrons. The van der Waals surface area contributed by atoms with Gasteiger partial charge in [0.25, 0.3) is 0 Å². The van der Waals surface area contributed by atoms with E-state index in [-0.39, 0.29) is 17.8 Å². The molecule has 7 atom stereocenters. The van der Waals surface area contributed by atoms with Crippen molar-refractivity contribution in [3.05, 3.63) is 0 Å². The summed E-state index contributed by atoms with van der Waals surface area (Å²) in [7, 11) is 0. The van der Waals surface area contributed by atoms with Crippen molar-refractivity contribution in [2.45, 2.75) is 91.4 Å². The maximum absolute atomic E-state index is 13.2. The first-order chi connectivity index (χ1) is 15.4. The topological polar surface area (TPSA) is 151 Å². The fourth-order valence-corrected chi connectivity index (χ4v) is 3.64. The van der Waals surface area contributed by atoms with Crippen LogP contribution < -0.4 is 21.7 Å². The van der Waals surface area contributed by atoms with E-state index < -0.39 is 47.9 Å². The van der Waals surface area contributed by atoms with Gasteiger partial charge in [0, 0.05) is 0 Å². The van der Waals surface area contributed by atoms with Crippen LogP contribution in [-0.4, -0.2) is 65.0 Å². The molecule has 0 aromatic carbocycles. The summed E-state index contributed by atoms with van der Waals surface area (Å²) in [5.74, 6) is -2.44. The number of thioether (sulfide) groups is 1. The lowest BCUT2D eigenvalue weighted by atomic mass is 9.95. The Morgan fingerprint density at radius 3 is 1.73 bits per heavy atom. The van der Waals surface area contributed by atoms with Gasteiger partial charge in [0.1, 0.15) is 18.1 Å². The van der Waals surface area contributed by atoms with Gasteiger partial charge in [0.05, 0.1) is 6.04 Å². The molecular weight excluding hydrogens is 444 g/mol. The van der Waals surface area contributed by atoms with E-state index in [1.54, 1.807) is 6.92 Å². The third-order valence-corrected chi connectivity index (χ3v) is 7.02. The first-order valence-electron chi connectivity index (χ1n) is 11.8. The van der Waals surface area contributed by atoms with E-state index in [1.165, 1.54) is 11.8 Å². The van der Waals surface area contributed by atoms with Gasteiger partial charge >= 0.3 is 5.97 Å². The third kappa shape index (κ3) is 10.3. The van der Waals surface area contributed by atoms with Crippen LogP contribution in [0.2, 0.25) is 0 Å². The van der Waals surface area contributed by atoms with Gasteiger partial charge in [-0.3, -0.25) is 14.4 Å². The van der Waals surface area contributed by atoms with E-state index in [1.807, 2.05) is 40.9 Å². The van der Waals surface area contributed by atoms with E-state index in [0.717, 1.165) is 6.42 Å². The number of nitrogens with one attached hydrogen (secondary N) is 3. The van der Waals surface area contributed by atoms with Gasteiger partial charge in [-0.2, -0.15) is 11.8 Å². The number of aliphatic carboxylic acids is 1. The molecule has 0 aromatic rings. The molecule has 0 spiro atoms. The van der Waals surface area contributed by atoms with Crippen LogP contribution in [0.3, 0.4) is 0 Å². The van der Waals surface area contributed by atoms with Crippen LogP contribution in [0.1, 0.15) is 67.2 Å². The Bertz CT molecular complexity index is 648. The zero-order valence-electron chi connectivity index (χ0n) is 21.1. The highest BCUT2D eigenvalue weighted by Crippen LogP contribution is 2.13. The molecule has 0 aliphatic carbocycles. The minimum atomic E-state index is -1.11. The van der Waals surface area contributed by atoms with Crippen molar-refractivity contribution in [1.29, 1.82) is 0 Å². The highest BCUT2D eigenvalue weighted by atomic mass is 32.2. The Morgan fingerprint density at radius 2 is 1.27 bits per heavy atom. The molecule has 0 saturated heterocycles. The van der Waals surface area contributed by atoms with Crippen LogP contribution in [0.15, 0.2) is 0 Å². The maximum atomic E-state index is 13.2. The van der Waals surface area contributed by atoms with Crippen LogP contribution >= 0.6 is 11.8 Å². The van der Waals surface area contributed by atoms with Crippen LogP contribution in [0.5, 0.6) is 0 Å². The first kappa shape index (κ1) is 31.2. The van der Waals surface area contributed by atoms with Gasteiger partial charge in [0.2, 0.25) is 17.7 Å². The summed E-state index contributed by atoms with van der Waals surface area (Å²) in [4.78, 5) is 50.4. The Morgan fingerprint density at radius 1 is 0.788 bits per heavy atom. The number of carbonyl (C=O) groups is 4. The van der Waals surface area contributed by atoms with E-state index in [4.69, 9.17) is 5.73 Å². The SMILES string of the molecule is CCC(C)C(N)C(=O)NC(C(=O)NC(CCSC)C(=O)NC(C(=O)O)C(C)CC)C(C)CC. The zero-order valence-corrected chi connectivity index (χ0v) is 22.0. The van der Waals surface area contributed by atoms with E-state index in [9.17, 15) is 24.3 Å². The lowest BCUT2D eigenvalue weighted by molar-refractivity contribution is -0.144. The second kappa shape index (κ2) is 15.9. The molecule has 10 heteroatoms. The van der Waals surface area contributed by atoms with Crippen LogP contribution in [-0.2, 0) is 19.2 Å². The molecule has 0 aliphatic rings. The lowest BCUT2D eigenvalue weighted by Crippen LogP contribution is -2.59. The smallest absolute Gasteiger partial charge is 0.326 e. The minimum absolute atomic E-state index is 0.0424. The van der Waals surface area contributed by atoms with Gasteiger partial charge in [-0.25, -0.2) is 4.79 Å². The largest absolute Gasteiger partial charge is 0.480 e. The average molecular weight is 489 g/mol. The number of hydrogen-bond donors (Lipinski definition) is 5. The van der Waals surface area contributed by atoms with E-state index in [0.29, 0.717) is 25.0 Å². The van der Waals surface area contributed by atoms with Crippen molar-refractivity contribution in [2.75, 3.05) is 12.0 Å². The normalized spacial score (nSPS) is 17.6. The molecule has 0 heterocycles. The minimum Gasteiger partial charge on any atom is -0.480 e. The molecule has 0 aromatic heterocycles. The molecule has 6 N–H and O–H groups in total. The predicted molar refractivity (Wildman–Crippen MR) is 133 cm³/mol. The molecule has 33 heavy (non-hydrogen) atoms. The van der Waals surface area contributed by atoms with Crippen molar-refractivity contribution in [2.24, 2.45) is 23.5 Å². The second-order valence-electron chi connectivity index (χ2n) is 8.84. The first-order valence-corrected chi connectivity index (χ1v) is 13.2. The Labute approximate surface area is 202 Å². The second-order valence-corrected chi connectivity index (χ2v) is 9.82. The maximum Gasteiger partial charge on any atom is 0.326 e. The monoisotopic (exact) mass is 488 g/mol. The molecule has 0 bridgehead atoms. The average Bonchev–Trinajstić information content (AvgIpc) is 2.80. The number of carboxylic acids is 1. The number of amides is 3. The van der Waals surface area contributed by atoms with Gasteiger partial charge in [-0.15, -0.1) is 0 Å². The van der Waals surface area contributed by atoms with Crippen molar-refractivity contribution in [3.63, 3.8) is 0 Å². The summed E-state index contributed by atoms with van der Waals surface area (Å²) in [6.07, 6.45) is 4.16. The summed E-state index contributed by atoms with van der Waals surface area (Å²) < 4.78 is 0. The predicted octanol–water partition coefficient (Wildman–Crippen LogP) is 1.74. The quantitative estimate of drug-likeness (QED) is 0.222. The molecular formula is C23H44N4O5S. The summed E-state index contributed by atoms with van der Waals surface area (Å²) in [6.45, 7) is 11.2. The molecule has 3 amide bonds. The Kier molecular flexibility index (Phi) is 15.1. The van der Waals surface area contributed by atoms with Crippen molar-refractivity contribution >= 4 is 35.5 Å². The molecule has 0 saturated carbocycles. The van der Waals surface area contributed by atoms with Crippen LogP contribution in [0.4, 0.5) is 0 Å². The molecule has 0 fully saturated rings. The van der Waals surface area contributed by atoms with Gasteiger partial charge in [-0.05, 0) is 36.2 Å². The van der Waals surface area contributed by atoms with Gasteiger partial charge < -0.3 is 26.8 Å². The highest BCUT2D eigenvalue weighted by Gasteiger charge is 2.33. The number of carbonyl (C=O) groups excluding carboxylic acids is 3. The van der Waals surface area contributed by atoms with Crippen LogP contribution in [0.25, 0.3) is 0 Å². The number of rotatable bonds is 16. The highest BCUT2D eigenvalue weighted by molar-refractivity contribution is 7.98. The standard InChI is InChI=1S/C23H44N4O5S/c1-8-13(4)17(24)21(29)26-18(14(5)9-2)22(30)25-16(11-12-33-7)20(28)27-19(23(31)32)15(6)10-3/h13-19H,8-12,24H2,1-7H3,(H,25,30)(H,26,29)(H,27,28)(H,31,32). The van der Waals surface area contributed by atoms with E-state index in [2.05, 4.69) is 16.0 Å². The number of carboxylic acid groups (broad SMARTS) is 1. The third-order valence-electron chi connectivity index (χ3n) is 6.37. The number of hydrogen-bond acceptors (Lipinski definition) is 6. The summed E-state index contributed by atoms with van der Waals surface area (Å²) in [5, 5.41) is 17.6. The Hall–Kier alpha value is -1.81. The molecule has 0 aliphatic heterocycles. The molecule has 9 nitrogen and oxygen atoms in total. The van der Waals surface area contributed by atoms with Gasteiger partial charge in [0.15, 0.2) is 0 Å². The fourth-order valence-electron chi connectivity index (χ4n) is 3.17. The van der Waals surface area contributed by atoms with Crippen molar-refractivity contribution in [1.82, 2.24) is 16.0 Å². The summed E-state index contributed by atoms with van der Waals surface area (Å²) in [5.41, 5.74) is 6.03. The zero-order chi connectivity index (χ0) is 25.7. The van der Waals surface area contributed by atoms with Crippen LogP contribution in [0, 0.1) is 17.8 Å². The Balaban J connectivity index is 5.59. The molecule has 0 radical (unpaired) electrons. The summed E-state index contributed by atoms with van der Waals surface area (Å²) in [6, 6.07) is -3.55.